The van der Waals surface area contributed by atoms with Gasteiger partial charge in [-0.25, -0.2) is 9.37 Å². The second-order valence-corrected chi connectivity index (χ2v) is 6.22. The van der Waals surface area contributed by atoms with E-state index in [1.54, 1.807) is 6.07 Å². The Morgan fingerprint density at radius 2 is 1.95 bits per heavy atom. The SMILES string of the molecule is CC(C)CC(C)n1c(C(C)Cl)nc2cc(F)ccc21. The van der Waals surface area contributed by atoms with Crippen LogP contribution in [0.4, 0.5) is 4.39 Å². The lowest BCUT2D eigenvalue weighted by Gasteiger charge is -2.20. The summed E-state index contributed by atoms with van der Waals surface area (Å²) >= 11 is 6.22. The number of halogens is 2. The molecular formula is C15H20ClFN2. The third kappa shape index (κ3) is 2.92. The lowest BCUT2D eigenvalue weighted by molar-refractivity contribution is 0.425. The van der Waals surface area contributed by atoms with Gasteiger partial charge in [0, 0.05) is 12.1 Å². The van der Waals surface area contributed by atoms with Gasteiger partial charge < -0.3 is 4.57 Å². The molecule has 0 aliphatic heterocycles. The van der Waals surface area contributed by atoms with E-state index < -0.39 is 0 Å². The summed E-state index contributed by atoms with van der Waals surface area (Å²) in [6.07, 6.45) is 1.04. The van der Waals surface area contributed by atoms with Gasteiger partial charge in [0.15, 0.2) is 0 Å². The van der Waals surface area contributed by atoms with Gasteiger partial charge in [0.25, 0.3) is 0 Å². The molecule has 19 heavy (non-hydrogen) atoms. The standard InChI is InChI=1S/C15H20ClFN2/c1-9(2)7-10(3)19-14-6-5-12(17)8-13(14)18-15(19)11(4)16/h5-6,8-11H,7H2,1-4H3. The monoisotopic (exact) mass is 282 g/mol. The molecule has 0 amide bonds. The minimum Gasteiger partial charge on any atom is -0.324 e. The number of aromatic nitrogens is 2. The van der Waals surface area contributed by atoms with Gasteiger partial charge in [0.05, 0.1) is 16.4 Å². The normalized spacial score (nSPS) is 15.1. The van der Waals surface area contributed by atoms with E-state index in [9.17, 15) is 4.39 Å². The van der Waals surface area contributed by atoms with Gasteiger partial charge in [-0.1, -0.05) is 13.8 Å². The van der Waals surface area contributed by atoms with E-state index >= 15 is 0 Å². The quantitative estimate of drug-likeness (QED) is 0.715. The summed E-state index contributed by atoms with van der Waals surface area (Å²) in [7, 11) is 0. The first kappa shape index (κ1) is 14.3. The fourth-order valence-electron chi connectivity index (χ4n) is 2.62. The molecule has 0 radical (unpaired) electrons. The van der Waals surface area contributed by atoms with Crippen LogP contribution in [0.2, 0.25) is 0 Å². The summed E-state index contributed by atoms with van der Waals surface area (Å²) in [5, 5.41) is -0.190. The smallest absolute Gasteiger partial charge is 0.127 e. The average molecular weight is 283 g/mol. The zero-order chi connectivity index (χ0) is 14.2. The van der Waals surface area contributed by atoms with Crippen molar-refractivity contribution in [2.24, 2.45) is 5.92 Å². The Balaban J connectivity index is 2.58. The summed E-state index contributed by atoms with van der Waals surface area (Å²) in [6, 6.07) is 5.03. The Morgan fingerprint density at radius 1 is 1.26 bits per heavy atom. The topological polar surface area (TPSA) is 17.8 Å². The van der Waals surface area contributed by atoms with Crippen molar-refractivity contribution >= 4 is 22.6 Å². The molecule has 0 aliphatic carbocycles. The molecule has 0 fully saturated rings. The number of nitrogens with zero attached hydrogens (tertiary/aromatic N) is 2. The van der Waals surface area contributed by atoms with Crippen molar-refractivity contribution in [2.45, 2.75) is 45.5 Å². The second-order valence-electron chi connectivity index (χ2n) is 5.57. The molecule has 2 atom stereocenters. The molecule has 0 spiro atoms. The van der Waals surface area contributed by atoms with Crippen molar-refractivity contribution in [1.29, 1.82) is 0 Å². The highest BCUT2D eigenvalue weighted by Crippen LogP contribution is 2.30. The summed E-state index contributed by atoms with van der Waals surface area (Å²) in [4.78, 5) is 4.49. The zero-order valence-electron chi connectivity index (χ0n) is 11.8. The highest BCUT2D eigenvalue weighted by atomic mass is 35.5. The van der Waals surface area contributed by atoms with E-state index in [1.807, 2.05) is 6.92 Å². The van der Waals surface area contributed by atoms with E-state index in [0.29, 0.717) is 17.5 Å². The van der Waals surface area contributed by atoms with Gasteiger partial charge in [-0.2, -0.15) is 0 Å². The molecule has 4 heteroatoms. The van der Waals surface area contributed by atoms with Crippen molar-refractivity contribution in [2.75, 3.05) is 0 Å². The van der Waals surface area contributed by atoms with Crippen LogP contribution in [0.5, 0.6) is 0 Å². The van der Waals surface area contributed by atoms with Crippen LogP contribution in [0.25, 0.3) is 11.0 Å². The average Bonchev–Trinajstić information content (AvgIpc) is 2.66. The number of fused-ring (bicyclic) bond motifs is 1. The van der Waals surface area contributed by atoms with Crippen LogP contribution in [-0.4, -0.2) is 9.55 Å². The van der Waals surface area contributed by atoms with Gasteiger partial charge in [0.2, 0.25) is 0 Å². The molecule has 2 unspecified atom stereocenters. The molecule has 0 saturated carbocycles. The minimum absolute atomic E-state index is 0.190. The number of rotatable bonds is 4. The first-order valence-electron chi connectivity index (χ1n) is 6.71. The molecule has 2 aromatic rings. The van der Waals surface area contributed by atoms with Crippen LogP contribution in [0, 0.1) is 11.7 Å². The van der Waals surface area contributed by atoms with Gasteiger partial charge in [-0.05, 0) is 38.3 Å². The Kier molecular flexibility index (Phi) is 4.14. The van der Waals surface area contributed by atoms with Crippen LogP contribution >= 0.6 is 11.6 Å². The number of alkyl halides is 1. The van der Waals surface area contributed by atoms with Crippen molar-refractivity contribution in [3.05, 3.63) is 29.8 Å². The van der Waals surface area contributed by atoms with Gasteiger partial charge in [0.1, 0.15) is 11.6 Å². The Morgan fingerprint density at radius 3 is 2.53 bits per heavy atom. The van der Waals surface area contributed by atoms with Gasteiger partial charge in [-0.15, -0.1) is 11.6 Å². The molecule has 104 valence electrons. The molecule has 0 N–H and O–H groups in total. The molecule has 1 aromatic carbocycles. The second kappa shape index (κ2) is 5.49. The van der Waals surface area contributed by atoms with E-state index in [4.69, 9.17) is 11.6 Å². The Bertz CT molecular complexity index is 575. The molecule has 2 nitrogen and oxygen atoms in total. The van der Waals surface area contributed by atoms with E-state index in [-0.39, 0.29) is 11.2 Å². The number of hydrogen-bond acceptors (Lipinski definition) is 1. The van der Waals surface area contributed by atoms with E-state index in [2.05, 4.69) is 30.3 Å². The first-order chi connectivity index (χ1) is 8.90. The van der Waals surface area contributed by atoms with Crippen molar-refractivity contribution in [3.63, 3.8) is 0 Å². The largest absolute Gasteiger partial charge is 0.324 e. The minimum atomic E-state index is -0.262. The predicted octanol–water partition coefficient (Wildman–Crippen LogP) is 5.08. The third-order valence-electron chi connectivity index (χ3n) is 3.29. The number of benzene rings is 1. The lowest BCUT2D eigenvalue weighted by Crippen LogP contribution is -2.12. The highest BCUT2D eigenvalue weighted by Gasteiger charge is 2.19. The molecule has 0 aliphatic rings. The van der Waals surface area contributed by atoms with E-state index in [0.717, 1.165) is 17.8 Å². The summed E-state index contributed by atoms with van der Waals surface area (Å²) in [5.41, 5.74) is 1.63. The predicted molar refractivity (Wildman–Crippen MR) is 78.1 cm³/mol. The molecule has 1 heterocycles. The van der Waals surface area contributed by atoms with Crippen LogP contribution in [-0.2, 0) is 0 Å². The molecule has 2 rings (SSSR count). The zero-order valence-corrected chi connectivity index (χ0v) is 12.6. The first-order valence-corrected chi connectivity index (χ1v) is 7.15. The third-order valence-corrected chi connectivity index (χ3v) is 3.48. The van der Waals surface area contributed by atoms with Gasteiger partial charge in [-0.3, -0.25) is 0 Å². The van der Waals surface area contributed by atoms with Crippen molar-refractivity contribution < 1.29 is 4.39 Å². The molecular weight excluding hydrogens is 263 g/mol. The molecule has 1 aromatic heterocycles. The molecule has 0 saturated heterocycles. The maximum atomic E-state index is 13.3. The fraction of sp³-hybridized carbons (Fsp3) is 0.533. The maximum Gasteiger partial charge on any atom is 0.127 e. The fourth-order valence-corrected chi connectivity index (χ4v) is 2.78. The van der Waals surface area contributed by atoms with Crippen molar-refractivity contribution in [1.82, 2.24) is 9.55 Å². The summed E-state index contributed by atoms with van der Waals surface area (Å²) in [5.74, 6) is 1.14. The summed E-state index contributed by atoms with van der Waals surface area (Å²) < 4.78 is 15.5. The van der Waals surface area contributed by atoms with Gasteiger partial charge >= 0.3 is 0 Å². The van der Waals surface area contributed by atoms with Crippen molar-refractivity contribution in [3.8, 4) is 0 Å². The molecule has 0 bridgehead atoms. The summed E-state index contributed by atoms with van der Waals surface area (Å²) in [6.45, 7) is 8.45. The van der Waals surface area contributed by atoms with Crippen LogP contribution in [0.1, 0.15) is 51.4 Å². The van der Waals surface area contributed by atoms with Crippen LogP contribution in [0.3, 0.4) is 0 Å². The van der Waals surface area contributed by atoms with Crippen LogP contribution < -0.4 is 0 Å². The number of hydrogen-bond donors (Lipinski definition) is 0. The van der Waals surface area contributed by atoms with E-state index in [1.165, 1.54) is 12.1 Å². The lowest BCUT2D eigenvalue weighted by atomic mass is 10.0. The number of imidazole rings is 1. The van der Waals surface area contributed by atoms with Crippen LogP contribution in [0.15, 0.2) is 18.2 Å². The maximum absolute atomic E-state index is 13.3. The highest BCUT2D eigenvalue weighted by molar-refractivity contribution is 6.20. The Hall–Kier alpha value is -1.09. The Labute approximate surface area is 118 Å².